The number of nitrogens with zero attached hydrogens (tertiary/aromatic N) is 2. The summed E-state index contributed by atoms with van der Waals surface area (Å²) in [7, 11) is 1.64. The molecular formula is C21H29N3O3S. The number of amides is 2. The highest BCUT2D eigenvalue weighted by Crippen LogP contribution is 2.24. The third-order valence-electron chi connectivity index (χ3n) is 4.61. The lowest BCUT2D eigenvalue weighted by molar-refractivity contribution is -0.140. The number of carbonyl (C=O) groups excluding carboxylic acids is 1. The lowest BCUT2D eigenvalue weighted by atomic mass is 10.0. The van der Waals surface area contributed by atoms with Crippen molar-refractivity contribution in [1.29, 1.82) is 0 Å². The van der Waals surface area contributed by atoms with Crippen LogP contribution >= 0.6 is 11.3 Å². The number of carboxylic acid groups (broad SMARTS) is 1. The number of hydrogen-bond donors (Lipinski definition) is 2. The number of carboxylic acids is 1. The maximum absolute atomic E-state index is 12.3. The number of aliphatic carboxylic acids is 1. The second-order valence-corrected chi connectivity index (χ2v) is 8.52. The molecule has 2 atom stereocenters. The van der Waals surface area contributed by atoms with Crippen molar-refractivity contribution in [2.45, 2.75) is 52.6 Å². The molecule has 2 N–H and O–H groups in total. The topological polar surface area (TPSA) is 82.5 Å². The number of hydrogen-bond acceptors (Lipinski definition) is 4. The van der Waals surface area contributed by atoms with Crippen molar-refractivity contribution < 1.29 is 14.7 Å². The van der Waals surface area contributed by atoms with E-state index >= 15 is 0 Å². The molecule has 2 amide bonds. The summed E-state index contributed by atoms with van der Waals surface area (Å²) in [6, 6.07) is 7.20. The third kappa shape index (κ3) is 6.05. The fourth-order valence-electron chi connectivity index (χ4n) is 2.86. The Morgan fingerprint density at radius 3 is 2.43 bits per heavy atom. The number of aromatic nitrogens is 1. The van der Waals surface area contributed by atoms with Gasteiger partial charge in [0.25, 0.3) is 0 Å². The highest BCUT2D eigenvalue weighted by atomic mass is 32.1. The molecule has 0 spiro atoms. The summed E-state index contributed by atoms with van der Waals surface area (Å²) in [5.41, 5.74) is 3.33. The molecule has 0 bridgehead atoms. The van der Waals surface area contributed by atoms with E-state index in [2.05, 4.69) is 48.4 Å². The van der Waals surface area contributed by atoms with Gasteiger partial charge in [0.05, 0.1) is 17.2 Å². The number of benzene rings is 1. The predicted octanol–water partition coefficient (Wildman–Crippen LogP) is 4.05. The van der Waals surface area contributed by atoms with Gasteiger partial charge in [0, 0.05) is 18.3 Å². The molecular weight excluding hydrogens is 374 g/mol. The van der Waals surface area contributed by atoms with Gasteiger partial charge in [-0.05, 0) is 24.8 Å². The Morgan fingerprint density at radius 2 is 1.86 bits per heavy atom. The average Bonchev–Trinajstić information content (AvgIpc) is 3.09. The van der Waals surface area contributed by atoms with Crippen LogP contribution in [0.4, 0.5) is 4.79 Å². The van der Waals surface area contributed by atoms with Crippen LogP contribution in [0.15, 0.2) is 29.6 Å². The second kappa shape index (κ2) is 9.68. The maximum Gasteiger partial charge on any atom is 0.326 e. The summed E-state index contributed by atoms with van der Waals surface area (Å²) < 4.78 is 0. The van der Waals surface area contributed by atoms with E-state index in [1.807, 2.05) is 5.38 Å². The molecule has 0 fully saturated rings. The lowest BCUT2D eigenvalue weighted by Gasteiger charge is -2.22. The Morgan fingerprint density at radius 1 is 1.21 bits per heavy atom. The summed E-state index contributed by atoms with van der Waals surface area (Å²) in [6.45, 7) is 8.10. The van der Waals surface area contributed by atoms with Crippen LogP contribution in [-0.2, 0) is 17.8 Å². The Balaban J connectivity index is 1.94. The SMILES string of the molecule is Cc1ccc(CC(C)c2nc(CN(C)C(=O)N[C@H](C(=O)O)C(C)C)cs2)cc1. The Kier molecular flexibility index (Phi) is 7.57. The van der Waals surface area contributed by atoms with E-state index in [-0.39, 0.29) is 11.8 Å². The van der Waals surface area contributed by atoms with E-state index in [9.17, 15) is 14.7 Å². The van der Waals surface area contributed by atoms with Crippen LogP contribution < -0.4 is 5.32 Å². The molecule has 1 unspecified atom stereocenters. The second-order valence-electron chi connectivity index (χ2n) is 7.63. The monoisotopic (exact) mass is 403 g/mol. The van der Waals surface area contributed by atoms with Crippen molar-refractivity contribution in [3.05, 3.63) is 51.5 Å². The van der Waals surface area contributed by atoms with Gasteiger partial charge < -0.3 is 15.3 Å². The maximum atomic E-state index is 12.3. The first-order chi connectivity index (χ1) is 13.2. The molecule has 0 aliphatic heterocycles. The minimum absolute atomic E-state index is 0.191. The predicted molar refractivity (Wildman–Crippen MR) is 112 cm³/mol. The van der Waals surface area contributed by atoms with Gasteiger partial charge in [-0.1, -0.05) is 50.6 Å². The largest absolute Gasteiger partial charge is 0.480 e. The molecule has 7 heteroatoms. The fraction of sp³-hybridized carbons (Fsp3) is 0.476. The van der Waals surface area contributed by atoms with Crippen LogP contribution in [0.5, 0.6) is 0 Å². The van der Waals surface area contributed by atoms with Gasteiger partial charge in [-0.3, -0.25) is 0 Å². The van der Waals surface area contributed by atoms with Crippen molar-refractivity contribution in [2.24, 2.45) is 5.92 Å². The molecule has 2 rings (SSSR count). The summed E-state index contributed by atoms with van der Waals surface area (Å²) in [4.78, 5) is 29.7. The van der Waals surface area contributed by atoms with Crippen LogP contribution in [0.25, 0.3) is 0 Å². The number of urea groups is 1. The van der Waals surface area contributed by atoms with Crippen LogP contribution in [0.2, 0.25) is 0 Å². The average molecular weight is 404 g/mol. The highest BCUT2D eigenvalue weighted by molar-refractivity contribution is 7.09. The normalized spacial score (nSPS) is 13.2. The quantitative estimate of drug-likeness (QED) is 0.697. The first-order valence-corrected chi connectivity index (χ1v) is 10.3. The van der Waals surface area contributed by atoms with Gasteiger partial charge in [-0.25, -0.2) is 14.6 Å². The zero-order valence-corrected chi connectivity index (χ0v) is 17.9. The van der Waals surface area contributed by atoms with E-state index in [1.165, 1.54) is 16.0 Å². The molecule has 0 aliphatic rings. The van der Waals surface area contributed by atoms with Crippen LogP contribution in [-0.4, -0.2) is 40.1 Å². The third-order valence-corrected chi connectivity index (χ3v) is 5.74. The van der Waals surface area contributed by atoms with Gasteiger partial charge in [-0.2, -0.15) is 0 Å². The van der Waals surface area contributed by atoms with Crippen molar-refractivity contribution in [1.82, 2.24) is 15.2 Å². The molecule has 0 saturated heterocycles. The number of thiazole rings is 1. The zero-order chi connectivity index (χ0) is 20.8. The summed E-state index contributed by atoms with van der Waals surface area (Å²) in [5.74, 6) is -0.932. The summed E-state index contributed by atoms with van der Waals surface area (Å²) >= 11 is 1.59. The Labute approximate surface area is 170 Å². The molecule has 6 nitrogen and oxygen atoms in total. The minimum atomic E-state index is -1.03. The highest BCUT2D eigenvalue weighted by Gasteiger charge is 2.25. The molecule has 2 aromatic rings. The molecule has 28 heavy (non-hydrogen) atoms. The van der Waals surface area contributed by atoms with Crippen LogP contribution in [0, 0.1) is 12.8 Å². The first-order valence-electron chi connectivity index (χ1n) is 9.41. The first kappa shape index (κ1) is 21.9. The van der Waals surface area contributed by atoms with Gasteiger partial charge in [0.15, 0.2) is 0 Å². The van der Waals surface area contributed by atoms with Gasteiger partial charge >= 0.3 is 12.0 Å². The molecule has 0 saturated carbocycles. The number of carbonyl (C=O) groups is 2. The summed E-state index contributed by atoms with van der Waals surface area (Å²) in [6.07, 6.45) is 0.915. The number of aryl methyl sites for hydroxylation is 1. The van der Waals surface area contributed by atoms with Crippen LogP contribution in [0.3, 0.4) is 0 Å². The van der Waals surface area contributed by atoms with Gasteiger partial charge in [-0.15, -0.1) is 11.3 Å². The zero-order valence-electron chi connectivity index (χ0n) is 17.1. The lowest BCUT2D eigenvalue weighted by Crippen LogP contribution is -2.48. The van der Waals surface area contributed by atoms with Crippen LogP contribution in [0.1, 0.15) is 48.5 Å². The molecule has 1 aromatic heterocycles. The molecule has 1 aromatic carbocycles. The molecule has 152 valence electrons. The Hall–Kier alpha value is -2.41. The summed E-state index contributed by atoms with van der Waals surface area (Å²) in [5, 5.41) is 14.8. The fourth-order valence-corrected chi connectivity index (χ4v) is 3.73. The van der Waals surface area contributed by atoms with E-state index in [0.29, 0.717) is 6.54 Å². The van der Waals surface area contributed by atoms with Crippen molar-refractivity contribution in [3.63, 3.8) is 0 Å². The molecule has 1 heterocycles. The molecule has 0 aliphatic carbocycles. The number of nitrogens with one attached hydrogen (secondary N) is 1. The van der Waals surface area contributed by atoms with E-state index in [1.54, 1.807) is 32.2 Å². The smallest absolute Gasteiger partial charge is 0.326 e. The Bertz CT molecular complexity index is 801. The van der Waals surface area contributed by atoms with E-state index in [0.717, 1.165) is 17.1 Å². The van der Waals surface area contributed by atoms with Gasteiger partial charge in [0.1, 0.15) is 6.04 Å². The molecule has 0 radical (unpaired) electrons. The van der Waals surface area contributed by atoms with Crippen molar-refractivity contribution in [3.8, 4) is 0 Å². The minimum Gasteiger partial charge on any atom is -0.480 e. The van der Waals surface area contributed by atoms with Gasteiger partial charge in [0.2, 0.25) is 0 Å². The van der Waals surface area contributed by atoms with E-state index < -0.39 is 18.0 Å². The standard InChI is InChI=1S/C21H29N3O3S/c1-13(2)18(20(25)26)23-21(27)24(5)11-17-12-28-19(22-17)15(4)10-16-8-6-14(3)7-9-16/h6-9,12-13,15,18H,10-11H2,1-5H3,(H,23,27)(H,25,26)/t15?,18-/m0/s1. The van der Waals surface area contributed by atoms with Crippen molar-refractivity contribution >= 4 is 23.3 Å². The number of rotatable bonds is 8. The van der Waals surface area contributed by atoms with Crippen molar-refractivity contribution in [2.75, 3.05) is 7.05 Å². The van der Waals surface area contributed by atoms with E-state index in [4.69, 9.17) is 0 Å².